The molecule has 0 radical (unpaired) electrons. The maximum Gasteiger partial charge on any atom is 0.326 e. The van der Waals surface area contributed by atoms with Gasteiger partial charge in [-0.1, -0.05) is 168 Å². The van der Waals surface area contributed by atoms with E-state index in [0.29, 0.717) is 6.61 Å². The molecule has 0 spiro atoms. The molecule has 0 aromatic carbocycles. The van der Waals surface area contributed by atoms with Gasteiger partial charge in [0.1, 0.15) is 5.54 Å². The van der Waals surface area contributed by atoms with E-state index in [2.05, 4.69) is 20.8 Å². The molecule has 35 heavy (non-hydrogen) atoms. The molecule has 0 bridgehead atoms. The van der Waals surface area contributed by atoms with Crippen molar-refractivity contribution in [1.29, 1.82) is 0 Å². The normalized spacial score (nSPS) is 11.8. The quantitative estimate of drug-likeness (QED) is 0.0867. The zero-order chi connectivity index (χ0) is 25.9. The van der Waals surface area contributed by atoms with E-state index in [1.807, 2.05) is 0 Å². The average molecular weight is 496 g/mol. The highest BCUT2D eigenvalue weighted by Gasteiger charge is 2.34. The summed E-state index contributed by atoms with van der Waals surface area (Å²) in [7, 11) is 0. The number of esters is 1. The molecule has 0 rings (SSSR count). The van der Waals surface area contributed by atoms with Gasteiger partial charge in [-0.25, -0.2) is 0 Å². The molecule has 0 aliphatic heterocycles. The minimum absolute atomic E-state index is 0.133. The van der Waals surface area contributed by atoms with Crippen molar-refractivity contribution in [2.75, 3.05) is 6.61 Å². The first-order valence-corrected chi connectivity index (χ1v) is 16.1. The third-order valence-corrected chi connectivity index (χ3v) is 7.59. The molecule has 3 heteroatoms. The summed E-state index contributed by atoms with van der Waals surface area (Å²) in [6.07, 6.45) is 32.0. The van der Waals surface area contributed by atoms with Crippen molar-refractivity contribution in [2.24, 2.45) is 5.73 Å². The molecule has 0 atom stereocenters. The third-order valence-electron chi connectivity index (χ3n) is 7.59. The van der Waals surface area contributed by atoms with E-state index < -0.39 is 5.54 Å². The van der Waals surface area contributed by atoms with E-state index in [0.717, 1.165) is 38.5 Å². The topological polar surface area (TPSA) is 52.3 Å². The Morgan fingerprint density at radius 2 is 0.771 bits per heavy atom. The molecule has 3 nitrogen and oxygen atoms in total. The lowest BCUT2D eigenvalue weighted by Gasteiger charge is -2.27. The summed E-state index contributed by atoms with van der Waals surface area (Å²) >= 11 is 0. The highest BCUT2D eigenvalue weighted by atomic mass is 16.5. The fourth-order valence-corrected chi connectivity index (χ4v) is 5.02. The molecule has 0 amide bonds. The molecule has 0 aliphatic rings. The van der Waals surface area contributed by atoms with Crippen LogP contribution in [0.2, 0.25) is 0 Å². The highest BCUT2D eigenvalue weighted by Crippen LogP contribution is 2.23. The zero-order valence-electron chi connectivity index (χ0n) is 24.5. The Labute approximate surface area is 221 Å². The van der Waals surface area contributed by atoms with E-state index >= 15 is 0 Å². The van der Waals surface area contributed by atoms with Crippen LogP contribution in [0.1, 0.15) is 188 Å². The van der Waals surface area contributed by atoms with Gasteiger partial charge in [0.15, 0.2) is 0 Å². The van der Waals surface area contributed by atoms with Crippen LogP contribution in [0.15, 0.2) is 0 Å². The number of nitrogens with two attached hydrogens (primary N) is 1. The van der Waals surface area contributed by atoms with Gasteiger partial charge in [0.25, 0.3) is 0 Å². The van der Waals surface area contributed by atoms with E-state index in [1.165, 1.54) is 128 Å². The fraction of sp³-hybridized carbons (Fsp3) is 0.969. The molecule has 0 aliphatic carbocycles. The first kappa shape index (κ1) is 34.4. The Morgan fingerprint density at radius 1 is 0.486 bits per heavy atom. The summed E-state index contributed by atoms with van der Waals surface area (Å²) in [6, 6.07) is 0. The van der Waals surface area contributed by atoms with E-state index in [9.17, 15) is 4.79 Å². The van der Waals surface area contributed by atoms with Crippen LogP contribution in [0, 0.1) is 0 Å². The number of unbranched alkanes of at least 4 members (excludes halogenated alkanes) is 21. The summed E-state index contributed by atoms with van der Waals surface area (Å²) in [5.74, 6) is -0.133. The number of rotatable bonds is 28. The summed E-state index contributed by atoms with van der Waals surface area (Å²) in [6.45, 7) is 7.33. The van der Waals surface area contributed by atoms with Gasteiger partial charge in [0.2, 0.25) is 0 Å². The van der Waals surface area contributed by atoms with E-state index in [-0.39, 0.29) is 5.97 Å². The lowest BCUT2D eigenvalue weighted by molar-refractivity contribution is -0.151. The number of carbonyl (C=O) groups is 1. The molecule has 0 unspecified atom stereocenters. The first-order chi connectivity index (χ1) is 17.1. The summed E-state index contributed by atoms with van der Waals surface area (Å²) in [5, 5.41) is 0. The number of hydrogen-bond donors (Lipinski definition) is 1. The van der Waals surface area contributed by atoms with E-state index in [4.69, 9.17) is 10.5 Å². The van der Waals surface area contributed by atoms with Crippen LogP contribution in [0.4, 0.5) is 0 Å². The predicted molar refractivity (Wildman–Crippen MR) is 155 cm³/mol. The van der Waals surface area contributed by atoms with Gasteiger partial charge in [-0.3, -0.25) is 4.79 Å². The maximum atomic E-state index is 13.0. The third kappa shape index (κ3) is 22.4. The Hall–Kier alpha value is -0.570. The predicted octanol–water partition coefficient (Wildman–Crippen LogP) is 10.4. The van der Waals surface area contributed by atoms with Crippen LogP contribution in [0.5, 0.6) is 0 Å². The van der Waals surface area contributed by atoms with Crippen molar-refractivity contribution in [1.82, 2.24) is 0 Å². The number of carbonyl (C=O) groups excluding carboxylic acids is 1. The van der Waals surface area contributed by atoms with Gasteiger partial charge in [-0.2, -0.15) is 0 Å². The Kier molecular flexibility index (Phi) is 26.1. The van der Waals surface area contributed by atoms with Gasteiger partial charge in [0.05, 0.1) is 6.61 Å². The molecule has 0 aromatic rings. The van der Waals surface area contributed by atoms with Crippen LogP contribution < -0.4 is 5.73 Å². The number of ether oxygens (including phenoxy) is 1. The monoisotopic (exact) mass is 496 g/mol. The molecule has 0 aromatic heterocycles. The van der Waals surface area contributed by atoms with Crippen molar-refractivity contribution in [2.45, 2.75) is 193 Å². The smallest absolute Gasteiger partial charge is 0.326 e. The van der Waals surface area contributed by atoms with Crippen molar-refractivity contribution < 1.29 is 9.53 Å². The Balaban J connectivity index is 4.25. The van der Waals surface area contributed by atoms with E-state index in [1.54, 1.807) is 0 Å². The van der Waals surface area contributed by atoms with Gasteiger partial charge in [-0.15, -0.1) is 0 Å². The lowest BCUT2D eigenvalue weighted by atomic mass is 9.87. The molecule has 2 N–H and O–H groups in total. The van der Waals surface area contributed by atoms with Crippen molar-refractivity contribution in [3.05, 3.63) is 0 Å². The second kappa shape index (κ2) is 26.5. The summed E-state index contributed by atoms with van der Waals surface area (Å²) in [4.78, 5) is 13.0. The van der Waals surface area contributed by atoms with Crippen molar-refractivity contribution >= 4 is 5.97 Å². The molecule has 0 heterocycles. The highest BCUT2D eigenvalue weighted by molar-refractivity contribution is 5.80. The second-order valence-electron chi connectivity index (χ2n) is 11.2. The SMILES string of the molecule is CCCCCCCCCCOC(=O)C(N)(CCCCCCCCCC)CCCCCCCCCC. The molecular weight excluding hydrogens is 430 g/mol. The zero-order valence-corrected chi connectivity index (χ0v) is 24.5. The van der Waals surface area contributed by atoms with Gasteiger partial charge in [-0.05, 0) is 19.3 Å². The van der Waals surface area contributed by atoms with Crippen LogP contribution in [-0.4, -0.2) is 18.1 Å². The molecule has 0 saturated carbocycles. The second-order valence-corrected chi connectivity index (χ2v) is 11.2. The van der Waals surface area contributed by atoms with Crippen LogP contribution >= 0.6 is 0 Å². The molecule has 0 saturated heterocycles. The minimum Gasteiger partial charge on any atom is -0.464 e. The van der Waals surface area contributed by atoms with Gasteiger partial charge >= 0.3 is 5.97 Å². The molecule has 0 fully saturated rings. The summed E-state index contributed by atoms with van der Waals surface area (Å²) < 4.78 is 5.73. The maximum absolute atomic E-state index is 13.0. The van der Waals surface area contributed by atoms with Crippen molar-refractivity contribution in [3.8, 4) is 0 Å². The lowest BCUT2D eigenvalue weighted by Crippen LogP contribution is -2.49. The fourth-order valence-electron chi connectivity index (χ4n) is 5.02. The van der Waals surface area contributed by atoms with Crippen LogP contribution in [0.3, 0.4) is 0 Å². The minimum atomic E-state index is -0.773. The largest absolute Gasteiger partial charge is 0.464 e. The van der Waals surface area contributed by atoms with Gasteiger partial charge in [0, 0.05) is 0 Å². The standard InChI is InChI=1S/C32H65NO2/c1-4-7-10-13-16-19-22-25-28-32(33,29-26-23-20-17-14-11-8-5-2)31(34)35-30-27-24-21-18-15-12-9-6-3/h4-30,33H2,1-3H3. The van der Waals surface area contributed by atoms with Crippen LogP contribution in [0.25, 0.3) is 0 Å². The van der Waals surface area contributed by atoms with Crippen LogP contribution in [-0.2, 0) is 9.53 Å². The van der Waals surface area contributed by atoms with Crippen molar-refractivity contribution in [3.63, 3.8) is 0 Å². The Morgan fingerprint density at radius 3 is 1.11 bits per heavy atom. The molecular formula is C32H65NO2. The summed E-state index contributed by atoms with van der Waals surface area (Å²) in [5.41, 5.74) is 5.96. The van der Waals surface area contributed by atoms with Gasteiger partial charge < -0.3 is 10.5 Å². The average Bonchev–Trinajstić information content (AvgIpc) is 2.86. The Bertz CT molecular complexity index is 417. The first-order valence-electron chi connectivity index (χ1n) is 16.1. The molecule has 210 valence electrons. The number of hydrogen-bond acceptors (Lipinski definition) is 3.